The van der Waals surface area contributed by atoms with Gasteiger partial charge in [0.25, 0.3) is 0 Å². The number of aromatic nitrogens is 5. The summed E-state index contributed by atoms with van der Waals surface area (Å²) in [6.45, 7) is 1.71. The zero-order chi connectivity index (χ0) is 25.2. The molecule has 0 amide bonds. The van der Waals surface area contributed by atoms with E-state index in [9.17, 15) is 13.2 Å². The third-order valence-electron chi connectivity index (χ3n) is 5.42. The number of hydrogen-bond donors (Lipinski definition) is 0. The third-order valence-corrected chi connectivity index (χ3v) is 7.29. The Morgan fingerprint density at radius 3 is 2.78 bits per heavy atom. The van der Waals surface area contributed by atoms with Crippen LogP contribution in [0.3, 0.4) is 0 Å². The van der Waals surface area contributed by atoms with Crippen molar-refractivity contribution in [2.75, 3.05) is 0 Å². The van der Waals surface area contributed by atoms with Gasteiger partial charge in [-0.25, -0.2) is 19.5 Å². The van der Waals surface area contributed by atoms with Crippen molar-refractivity contribution in [1.82, 2.24) is 24.6 Å². The van der Waals surface area contributed by atoms with Crippen molar-refractivity contribution in [1.29, 1.82) is 0 Å². The fourth-order valence-electron chi connectivity index (χ4n) is 3.78. The molecule has 0 radical (unpaired) electrons. The van der Waals surface area contributed by atoms with Crippen LogP contribution in [0.1, 0.15) is 17.0 Å². The quantitative estimate of drug-likeness (QED) is 0.228. The molecule has 0 saturated carbocycles. The minimum absolute atomic E-state index is 0.0992. The Bertz CT molecular complexity index is 1790. The summed E-state index contributed by atoms with van der Waals surface area (Å²) in [6.07, 6.45) is -3.08. The standard InChI is InChI=1S/C23H12Cl2F3N5O2S/c1-10-7-15(23(26,27)28)30-22-16(10)18-19(36-22)21-31-20(32-33(21)9-29-18)14-6-5-11(35-14)8-34-13-4-2-3-12(24)17(13)25/h2-7,9H,8H2,1H3. The zero-order valence-corrected chi connectivity index (χ0v) is 20.4. The van der Waals surface area contributed by atoms with Gasteiger partial charge in [-0.15, -0.1) is 16.4 Å². The van der Waals surface area contributed by atoms with Crippen molar-refractivity contribution in [3.05, 3.63) is 69.8 Å². The second kappa shape index (κ2) is 8.32. The van der Waals surface area contributed by atoms with Crippen molar-refractivity contribution in [3.63, 3.8) is 0 Å². The van der Waals surface area contributed by atoms with E-state index in [0.29, 0.717) is 54.1 Å². The van der Waals surface area contributed by atoms with Crippen LogP contribution >= 0.6 is 34.5 Å². The van der Waals surface area contributed by atoms with Gasteiger partial charge in [-0.3, -0.25) is 0 Å². The topological polar surface area (TPSA) is 78.3 Å². The molecule has 0 unspecified atom stereocenters. The first-order valence-electron chi connectivity index (χ1n) is 10.4. The number of alkyl halides is 3. The van der Waals surface area contributed by atoms with Crippen LogP contribution in [-0.4, -0.2) is 24.6 Å². The van der Waals surface area contributed by atoms with Crippen LogP contribution in [0.5, 0.6) is 5.75 Å². The number of rotatable bonds is 4. The Morgan fingerprint density at radius 1 is 1.14 bits per heavy atom. The molecule has 0 aliphatic rings. The smallest absolute Gasteiger partial charge is 0.433 e. The predicted octanol–water partition coefficient (Wildman–Crippen LogP) is 7.36. The molecule has 0 saturated heterocycles. The van der Waals surface area contributed by atoms with E-state index in [2.05, 4.69) is 20.1 Å². The summed E-state index contributed by atoms with van der Waals surface area (Å²) in [5, 5.41) is 5.66. The highest BCUT2D eigenvalue weighted by molar-refractivity contribution is 7.26. The molecule has 0 aliphatic carbocycles. The Morgan fingerprint density at radius 2 is 1.97 bits per heavy atom. The number of pyridine rings is 1. The Kier molecular flexibility index (Phi) is 5.32. The summed E-state index contributed by atoms with van der Waals surface area (Å²) in [7, 11) is 0. The highest BCUT2D eigenvalue weighted by Gasteiger charge is 2.33. The van der Waals surface area contributed by atoms with Gasteiger partial charge < -0.3 is 9.15 Å². The van der Waals surface area contributed by atoms with Crippen LogP contribution in [0.15, 0.2) is 47.1 Å². The maximum Gasteiger partial charge on any atom is 0.433 e. The second-order valence-corrected chi connectivity index (χ2v) is 9.62. The van der Waals surface area contributed by atoms with Crippen molar-refractivity contribution >= 4 is 60.6 Å². The molecule has 0 bridgehead atoms. The van der Waals surface area contributed by atoms with Gasteiger partial charge >= 0.3 is 6.18 Å². The average Bonchev–Trinajstić information content (AvgIpc) is 3.55. The highest BCUT2D eigenvalue weighted by atomic mass is 35.5. The number of halogens is 5. The number of fused-ring (bicyclic) bond motifs is 5. The molecule has 7 nitrogen and oxygen atoms in total. The molecule has 36 heavy (non-hydrogen) atoms. The summed E-state index contributed by atoms with van der Waals surface area (Å²) in [4.78, 5) is 13.0. The lowest BCUT2D eigenvalue weighted by atomic mass is 10.1. The first-order valence-corrected chi connectivity index (χ1v) is 11.9. The van der Waals surface area contributed by atoms with Gasteiger partial charge in [0.2, 0.25) is 5.82 Å². The van der Waals surface area contributed by atoms with Crippen molar-refractivity contribution < 1.29 is 22.3 Å². The maximum atomic E-state index is 13.3. The van der Waals surface area contributed by atoms with Gasteiger partial charge in [-0.1, -0.05) is 29.3 Å². The summed E-state index contributed by atoms with van der Waals surface area (Å²) in [5.41, 5.74) is 0.449. The van der Waals surface area contributed by atoms with Crippen molar-refractivity contribution in [2.45, 2.75) is 19.7 Å². The minimum atomic E-state index is -4.54. The van der Waals surface area contributed by atoms with Crippen molar-refractivity contribution in [2.24, 2.45) is 0 Å². The molecular formula is C23H12Cl2F3N5O2S. The summed E-state index contributed by atoms with van der Waals surface area (Å²) >= 11 is 13.2. The van der Waals surface area contributed by atoms with Crippen LogP contribution in [0.4, 0.5) is 13.2 Å². The van der Waals surface area contributed by atoms with E-state index in [0.717, 1.165) is 17.4 Å². The van der Waals surface area contributed by atoms with Gasteiger partial charge in [0, 0.05) is 5.39 Å². The van der Waals surface area contributed by atoms with Gasteiger partial charge in [0.05, 0.1) is 10.5 Å². The molecule has 182 valence electrons. The van der Waals surface area contributed by atoms with E-state index in [1.165, 1.54) is 10.8 Å². The number of thiophene rings is 1. The molecule has 1 aromatic carbocycles. The number of ether oxygens (including phenoxy) is 1. The minimum Gasteiger partial charge on any atom is -0.484 e. The molecule has 0 spiro atoms. The fourth-order valence-corrected chi connectivity index (χ4v) is 5.30. The number of benzene rings is 1. The third kappa shape index (κ3) is 3.83. The molecule has 0 fully saturated rings. The Hall–Kier alpha value is -3.41. The predicted molar refractivity (Wildman–Crippen MR) is 130 cm³/mol. The van der Waals surface area contributed by atoms with Crippen LogP contribution in [0.25, 0.3) is 37.7 Å². The molecule has 5 aromatic heterocycles. The van der Waals surface area contributed by atoms with Crippen molar-refractivity contribution in [3.8, 4) is 17.3 Å². The van der Waals surface area contributed by atoms with Gasteiger partial charge in [0.15, 0.2) is 11.4 Å². The highest BCUT2D eigenvalue weighted by Crippen LogP contribution is 2.39. The largest absolute Gasteiger partial charge is 0.484 e. The van der Waals surface area contributed by atoms with E-state index in [-0.39, 0.29) is 17.3 Å². The van der Waals surface area contributed by atoms with E-state index < -0.39 is 11.9 Å². The van der Waals surface area contributed by atoms with E-state index in [1.54, 1.807) is 37.3 Å². The first kappa shape index (κ1) is 23.0. The summed E-state index contributed by atoms with van der Waals surface area (Å²) in [6, 6.07) is 9.52. The summed E-state index contributed by atoms with van der Waals surface area (Å²) < 4.78 is 53.3. The van der Waals surface area contributed by atoms with Crippen LogP contribution < -0.4 is 4.74 Å². The fraction of sp³-hybridized carbons (Fsp3) is 0.130. The molecule has 0 atom stereocenters. The normalized spacial score (nSPS) is 12.3. The maximum absolute atomic E-state index is 13.3. The van der Waals surface area contributed by atoms with Gasteiger partial charge in [0.1, 0.15) is 44.7 Å². The Balaban J connectivity index is 1.36. The van der Waals surface area contributed by atoms with Crippen LogP contribution in [0, 0.1) is 6.92 Å². The number of furan rings is 1. The van der Waals surface area contributed by atoms with Crippen LogP contribution in [0.2, 0.25) is 10.0 Å². The lowest BCUT2D eigenvalue weighted by molar-refractivity contribution is -0.141. The molecule has 6 aromatic rings. The summed E-state index contributed by atoms with van der Waals surface area (Å²) in [5.74, 6) is 1.60. The molecule has 6 rings (SSSR count). The van der Waals surface area contributed by atoms with Crippen LogP contribution in [-0.2, 0) is 12.8 Å². The number of aryl methyl sites for hydroxylation is 1. The number of nitrogens with zero attached hydrogens (tertiary/aromatic N) is 5. The lowest BCUT2D eigenvalue weighted by Crippen LogP contribution is -2.07. The average molecular weight is 550 g/mol. The number of hydrogen-bond acceptors (Lipinski definition) is 7. The van der Waals surface area contributed by atoms with E-state index in [1.807, 2.05) is 0 Å². The molecule has 13 heteroatoms. The Labute approximate surface area is 214 Å². The second-order valence-electron chi connectivity index (χ2n) is 7.84. The zero-order valence-electron chi connectivity index (χ0n) is 18.1. The molecule has 0 aliphatic heterocycles. The van der Waals surface area contributed by atoms with Gasteiger partial charge in [-0.2, -0.15) is 13.2 Å². The first-order chi connectivity index (χ1) is 17.2. The van der Waals surface area contributed by atoms with Gasteiger partial charge in [-0.05, 0) is 42.8 Å². The van der Waals surface area contributed by atoms with E-state index in [4.69, 9.17) is 32.4 Å². The molecule has 5 heterocycles. The lowest BCUT2D eigenvalue weighted by Gasteiger charge is -2.06. The molecule has 0 N–H and O–H groups in total. The molecular weight excluding hydrogens is 538 g/mol. The SMILES string of the molecule is Cc1cc(C(F)(F)F)nc2sc3c(ncn4nc(-c5ccc(COc6cccc(Cl)c6Cl)o5)nc34)c12. The van der Waals surface area contributed by atoms with E-state index >= 15 is 0 Å². The monoisotopic (exact) mass is 549 g/mol.